The fourth-order valence-electron chi connectivity index (χ4n) is 2.03. The van der Waals surface area contributed by atoms with Crippen molar-refractivity contribution < 1.29 is 17.6 Å². The van der Waals surface area contributed by atoms with Crippen molar-refractivity contribution in [1.82, 2.24) is 10.2 Å². The van der Waals surface area contributed by atoms with Crippen LogP contribution >= 0.6 is 11.6 Å². The van der Waals surface area contributed by atoms with Crippen LogP contribution in [0.15, 0.2) is 59.0 Å². The quantitative estimate of drug-likeness (QED) is 0.626. The molecule has 0 saturated heterocycles. The molecule has 0 aliphatic rings. The smallest absolute Gasteiger partial charge is 0.415 e. The molecule has 0 N–H and O–H groups in total. The standard InChI is InChI=1S/C17H10ClF3N2O/c18-14(10-11-5-4-8-13(9-11)17(19,20)21)16-23-22-15(24-16)12-6-2-1-3-7-12/h1-10H/b14-10-. The summed E-state index contributed by atoms with van der Waals surface area (Å²) in [5.41, 5.74) is 0.255. The Balaban J connectivity index is 1.88. The zero-order valence-electron chi connectivity index (χ0n) is 12.1. The number of alkyl halides is 3. The summed E-state index contributed by atoms with van der Waals surface area (Å²) < 4.78 is 43.6. The Kier molecular flexibility index (Phi) is 4.40. The highest BCUT2D eigenvalue weighted by atomic mass is 35.5. The largest absolute Gasteiger partial charge is 0.416 e. The van der Waals surface area contributed by atoms with Crippen molar-refractivity contribution in [2.24, 2.45) is 0 Å². The second-order valence-electron chi connectivity index (χ2n) is 4.89. The molecule has 0 bridgehead atoms. The third kappa shape index (κ3) is 3.65. The highest BCUT2D eigenvalue weighted by Crippen LogP contribution is 2.31. The summed E-state index contributed by atoms with van der Waals surface area (Å²) >= 11 is 6.09. The Morgan fingerprint density at radius 1 is 1.00 bits per heavy atom. The van der Waals surface area contributed by atoms with Gasteiger partial charge in [-0.05, 0) is 35.9 Å². The van der Waals surface area contributed by atoms with E-state index in [4.69, 9.17) is 16.0 Å². The Bertz CT molecular complexity index is 873. The molecule has 0 fully saturated rings. The first-order valence-corrected chi connectivity index (χ1v) is 7.25. The molecule has 3 aromatic rings. The predicted octanol–water partition coefficient (Wildman–Crippen LogP) is 5.49. The normalized spacial score (nSPS) is 12.4. The van der Waals surface area contributed by atoms with Crippen LogP contribution in [0.2, 0.25) is 0 Å². The molecule has 7 heteroatoms. The summed E-state index contributed by atoms with van der Waals surface area (Å²) in [6, 6.07) is 13.9. The van der Waals surface area contributed by atoms with Crippen LogP contribution in [0.1, 0.15) is 17.0 Å². The van der Waals surface area contributed by atoms with E-state index in [0.717, 1.165) is 17.7 Å². The van der Waals surface area contributed by atoms with Crippen molar-refractivity contribution in [2.75, 3.05) is 0 Å². The number of aromatic nitrogens is 2. The maximum absolute atomic E-state index is 12.7. The fraction of sp³-hybridized carbons (Fsp3) is 0.0588. The van der Waals surface area contributed by atoms with Crippen molar-refractivity contribution in [1.29, 1.82) is 0 Å². The number of rotatable bonds is 3. The number of nitrogens with zero attached hydrogens (tertiary/aromatic N) is 2. The van der Waals surface area contributed by atoms with Crippen LogP contribution in [0.25, 0.3) is 22.6 Å². The third-order valence-corrected chi connectivity index (χ3v) is 3.43. The molecule has 1 heterocycles. The van der Waals surface area contributed by atoms with E-state index in [1.54, 1.807) is 12.1 Å². The SMILES string of the molecule is FC(F)(F)c1cccc(/C=C(\Cl)c2nnc(-c3ccccc3)o2)c1. The first-order valence-electron chi connectivity index (χ1n) is 6.87. The maximum atomic E-state index is 12.7. The molecule has 0 aliphatic heterocycles. The Labute approximate surface area is 140 Å². The minimum atomic E-state index is -4.42. The van der Waals surface area contributed by atoms with Crippen LogP contribution < -0.4 is 0 Å². The first kappa shape index (κ1) is 16.3. The van der Waals surface area contributed by atoms with Crippen LogP contribution in [0.3, 0.4) is 0 Å². The van der Waals surface area contributed by atoms with Gasteiger partial charge in [0.2, 0.25) is 5.89 Å². The van der Waals surface area contributed by atoms with Crippen LogP contribution in [-0.2, 0) is 6.18 Å². The lowest BCUT2D eigenvalue weighted by Gasteiger charge is -2.06. The van der Waals surface area contributed by atoms with E-state index in [1.165, 1.54) is 18.2 Å². The molecule has 0 spiro atoms. The number of benzene rings is 2. The maximum Gasteiger partial charge on any atom is 0.416 e. The molecule has 0 unspecified atom stereocenters. The molecule has 0 amide bonds. The predicted molar refractivity (Wildman–Crippen MR) is 84.9 cm³/mol. The van der Waals surface area contributed by atoms with Gasteiger partial charge in [-0.25, -0.2) is 0 Å². The van der Waals surface area contributed by atoms with E-state index < -0.39 is 11.7 Å². The molecule has 0 saturated carbocycles. The number of hydrogen-bond acceptors (Lipinski definition) is 3. The molecule has 122 valence electrons. The van der Waals surface area contributed by atoms with E-state index in [2.05, 4.69) is 10.2 Å². The monoisotopic (exact) mass is 350 g/mol. The van der Waals surface area contributed by atoms with Crippen molar-refractivity contribution in [3.8, 4) is 11.5 Å². The average Bonchev–Trinajstić information content (AvgIpc) is 3.05. The molecule has 0 atom stereocenters. The van der Waals surface area contributed by atoms with Gasteiger partial charge in [0.15, 0.2) is 0 Å². The topological polar surface area (TPSA) is 38.9 Å². The van der Waals surface area contributed by atoms with Gasteiger partial charge >= 0.3 is 6.18 Å². The fourth-order valence-corrected chi connectivity index (χ4v) is 2.23. The van der Waals surface area contributed by atoms with Crippen molar-refractivity contribution in [3.63, 3.8) is 0 Å². The molecule has 3 nitrogen and oxygen atoms in total. The Hall–Kier alpha value is -2.60. The van der Waals surface area contributed by atoms with Gasteiger partial charge in [0.05, 0.1) is 5.56 Å². The van der Waals surface area contributed by atoms with Gasteiger partial charge in [-0.2, -0.15) is 13.2 Å². The van der Waals surface area contributed by atoms with Crippen LogP contribution in [0.4, 0.5) is 13.2 Å². The lowest BCUT2D eigenvalue weighted by atomic mass is 10.1. The highest BCUT2D eigenvalue weighted by molar-refractivity contribution is 6.50. The summed E-state index contributed by atoms with van der Waals surface area (Å²) in [5, 5.41) is 7.76. The molecular formula is C17H10ClF3N2O. The van der Waals surface area contributed by atoms with Crippen LogP contribution in [-0.4, -0.2) is 10.2 Å². The summed E-state index contributed by atoms with van der Waals surface area (Å²) in [6.07, 6.45) is -3.07. The second-order valence-corrected chi connectivity index (χ2v) is 5.30. The van der Waals surface area contributed by atoms with Gasteiger partial charge in [0.1, 0.15) is 5.03 Å². The van der Waals surface area contributed by atoms with E-state index in [0.29, 0.717) is 0 Å². The van der Waals surface area contributed by atoms with E-state index in [-0.39, 0.29) is 22.4 Å². The van der Waals surface area contributed by atoms with Gasteiger partial charge < -0.3 is 4.42 Å². The molecule has 1 aromatic heterocycles. The molecular weight excluding hydrogens is 341 g/mol. The van der Waals surface area contributed by atoms with E-state index in [1.807, 2.05) is 18.2 Å². The minimum Gasteiger partial charge on any atom is -0.415 e. The van der Waals surface area contributed by atoms with Gasteiger partial charge in [0, 0.05) is 5.56 Å². The molecule has 0 aliphatic carbocycles. The number of halogens is 4. The molecule has 2 aromatic carbocycles. The highest BCUT2D eigenvalue weighted by Gasteiger charge is 2.30. The lowest BCUT2D eigenvalue weighted by molar-refractivity contribution is -0.137. The van der Waals surface area contributed by atoms with Crippen molar-refractivity contribution >= 4 is 22.7 Å². The van der Waals surface area contributed by atoms with Crippen LogP contribution in [0, 0.1) is 0 Å². The summed E-state index contributed by atoms with van der Waals surface area (Å²) in [7, 11) is 0. The van der Waals surface area contributed by atoms with Gasteiger partial charge in [-0.1, -0.05) is 41.9 Å². The van der Waals surface area contributed by atoms with Gasteiger partial charge in [-0.3, -0.25) is 0 Å². The van der Waals surface area contributed by atoms with Crippen LogP contribution in [0.5, 0.6) is 0 Å². The van der Waals surface area contributed by atoms with Crippen molar-refractivity contribution in [3.05, 3.63) is 71.6 Å². The average molecular weight is 351 g/mol. The van der Waals surface area contributed by atoms with Crippen molar-refractivity contribution in [2.45, 2.75) is 6.18 Å². The Morgan fingerprint density at radius 2 is 1.75 bits per heavy atom. The lowest BCUT2D eigenvalue weighted by Crippen LogP contribution is -2.04. The minimum absolute atomic E-state index is 0.0351. The third-order valence-electron chi connectivity index (χ3n) is 3.16. The zero-order valence-corrected chi connectivity index (χ0v) is 12.8. The summed E-state index contributed by atoms with van der Waals surface area (Å²) in [6.45, 7) is 0. The zero-order chi connectivity index (χ0) is 17.2. The van der Waals surface area contributed by atoms with Gasteiger partial charge in [0.25, 0.3) is 5.89 Å². The molecule has 3 rings (SSSR count). The van der Waals surface area contributed by atoms with E-state index >= 15 is 0 Å². The summed E-state index contributed by atoms with van der Waals surface area (Å²) in [4.78, 5) is 0. The molecule has 0 radical (unpaired) electrons. The Morgan fingerprint density at radius 3 is 2.46 bits per heavy atom. The van der Waals surface area contributed by atoms with E-state index in [9.17, 15) is 13.2 Å². The summed E-state index contributed by atoms with van der Waals surface area (Å²) in [5.74, 6) is 0.314. The molecule has 24 heavy (non-hydrogen) atoms. The first-order chi connectivity index (χ1) is 11.4. The van der Waals surface area contributed by atoms with Gasteiger partial charge in [-0.15, -0.1) is 10.2 Å². The second kappa shape index (κ2) is 6.49. The number of hydrogen-bond donors (Lipinski definition) is 0.